The zero-order chi connectivity index (χ0) is 13.5. The molecule has 18 heavy (non-hydrogen) atoms. The lowest BCUT2D eigenvalue weighted by Crippen LogP contribution is -2.36. The number of hydrogen-bond acceptors (Lipinski definition) is 2. The Kier molecular flexibility index (Phi) is 2.76. The minimum atomic E-state index is -3.91. The highest BCUT2D eigenvalue weighted by Crippen LogP contribution is 2.32. The Labute approximate surface area is 100 Å². The second-order valence-corrected chi connectivity index (χ2v) is 3.85. The first kappa shape index (κ1) is 12.4. The Morgan fingerprint density at radius 2 is 2.11 bits per heavy atom. The molecule has 0 saturated carbocycles. The van der Waals surface area contributed by atoms with E-state index < -0.39 is 23.2 Å². The molecular formula is C11H10F3N3O. The van der Waals surface area contributed by atoms with Gasteiger partial charge in [0.15, 0.2) is 0 Å². The number of aryl methyl sites for hydroxylation is 1. The molecule has 0 aliphatic carbocycles. The molecule has 0 fully saturated rings. The van der Waals surface area contributed by atoms with Gasteiger partial charge in [-0.15, -0.1) is 0 Å². The van der Waals surface area contributed by atoms with Gasteiger partial charge in [-0.2, -0.15) is 13.9 Å². The fourth-order valence-corrected chi connectivity index (χ4v) is 1.69. The zero-order valence-electron chi connectivity index (χ0n) is 9.67. The summed E-state index contributed by atoms with van der Waals surface area (Å²) in [6.07, 6.45) is 1.47. The highest BCUT2D eigenvalue weighted by molar-refractivity contribution is 5.87. The van der Waals surface area contributed by atoms with Gasteiger partial charge in [0.05, 0.1) is 11.1 Å². The first-order valence-corrected chi connectivity index (χ1v) is 5.09. The minimum Gasteiger partial charge on any atom is -0.354 e. The van der Waals surface area contributed by atoms with Crippen LogP contribution < -0.4 is 5.32 Å². The molecule has 0 radical (unpaired) electrons. The van der Waals surface area contributed by atoms with Crippen molar-refractivity contribution >= 4 is 16.8 Å². The number of halogens is 3. The number of nitrogens with one attached hydrogen (secondary N) is 1. The molecule has 4 nitrogen and oxygen atoms in total. The number of amides is 1. The summed E-state index contributed by atoms with van der Waals surface area (Å²) in [5.41, 5.74) is -0.700. The second-order valence-electron chi connectivity index (χ2n) is 3.85. The average molecular weight is 257 g/mol. The molecule has 0 bridgehead atoms. The van der Waals surface area contributed by atoms with Crippen molar-refractivity contribution < 1.29 is 18.0 Å². The minimum absolute atomic E-state index is 0.256. The van der Waals surface area contributed by atoms with E-state index >= 15 is 0 Å². The maximum atomic E-state index is 13.7. The number of rotatable bonds is 2. The van der Waals surface area contributed by atoms with Crippen molar-refractivity contribution in [1.29, 1.82) is 0 Å². The number of likely N-dealkylation sites (N-methyl/N-ethyl adjacent to an activating group) is 1. The molecule has 0 unspecified atom stereocenters. The lowest BCUT2D eigenvalue weighted by molar-refractivity contribution is -0.146. The summed E-state index contributed by atoms with van der Waals surface area (Å²) in [6, 6.07) is 1.83. The number of alkyl halides is 2. The number of carbonyl (C=O) groups is 1. The number of nitrogens with zero attached hydrogens (tertiary/aromatic N) is 2. The van der Waals surface area contributed by atoms with Gasteiger partial charge in [0.25, 0.3) is 5.91 Å². The van der Waals surface area contributed by atoms with Gasteiger partial charge in [0.2, 0.25) is 0 Å². The van der Waals surface area contributed by atoms with Crippen LogP contribution in [0, 0.1) is 5.82 Å². The molecule has 1 amide bonds. The van der Waals surface area contributed by atoms with Crippen LogP contribution in [0.15, 0.2) is 18.3 Å². The topological polar surface area (TPSA) is 46.9 Å². The van der Waals surface area contributed by atoms with Crippen LogP contribution in [0.5, 0.6) is 0 Å². The molecule has 0 atom stereocenters. The maximum absolute atomic E-state index is 13.7. The number of benzene rings is 1. The molecule has 1 heterocycles. The predicted octanol–water partition coefficient (Wildman–Crippen LogP) is 1.55. The highest BCUT2D eigenvalue weighted by Gasteiger charge is 2.42. The summed E-state index contributed by atoms with van der Waals surface area (Å²) in [6.45, 7) is 0. The molecule has 2 aromatic rings. The lowest BCUT2D eigenvalue weighted by Gasteiger charge is -2.15. The summed E-state index contributed by atoms with van der Waals surface area (Å²) < 4.78 is 42.3. The van der Waals surface area contributed by atoms with Crippen molar-refractivity contribution in [3.8, 4) is 0 Å². The van der Waals surface area contributed by atoms with Crippen molar-refractivity contribution in [2.24, 2.45) is 7.05 Å². The predicted molar refractivity (Wildman–Crippen MR) is 58.6 cm³/mol. The molecule has 1 aromatic carbocycles. The number of aromatic nitrogens is 2. The van der Waals surface area contributed by atoms with E-state index in [1.54, 1.807) is 7.05 Å². The standard InChI is InChI=1S/C11H10F3N3O/c1-15-10(18)11(13,14)7-3-6-5-17(2)16-9(6)4-8(7)12/h3-5H,1-2H3,(H,15,18). The van der Waals surface area contributed by atoms with E-state index in [0.29, 0.717) is 5.39 Å². The Morgan fingerprint density at radius 1 is 1.44 bits per heavy atom. The molecule has 2 rings (SSSR count). The SMILES string of the molecule is CNC(=O)C(F)(F)c1cc2cn(C)nc2cc1F. The van der Waals surface area contributed by atoms with E-state index in [2.05, 4.69) is 5.10 Å². The quantitative estimate of drug-likeness (QED) is 0.887. The van der Waals surface area contributed by atoms with Crippen molar-refractivity contribution in [3.63, 3.8) is 0 Å². The number of carbonyl (C=O) groups excluding carboxylic acids is 1. The van der Waals surface area contributed by atoms with E-state index in [-0.39, 0.29) is 5.52 Å². The van der Waals surface area contributed by atoms with E-state index in [1.807, 2.05) is 5.32 Å². The van der Waals surface area contributed by atoms with Gasteiger partial charge in [-0.05, 0) is 6.07 Å². The van der Waals surface area contributed by atoms with Gasteiger partial charge < -0.3 is 5.32 Å². The molecule has 0 aliphatic rings. The van der Waals surface area contributed by atoms with E-state index in [4.69, 9.17) is 0 Å². The smallest absolute Gasteiger partial charge is 0.352 e. The summed E-state index contributed by atoms with van der Waals surface area (Å²) >= 11 is 0. The molecule has 1 N–H and O–H groups in total. The summed E-state index contributed by atoms with van der Waals surface area (Å²) in [5, 5.41) is 6.05. The Hall–Kier alpha value is -2.05. The maximum Gasteiger partial charge on any atom is 0.352 e. The van der Waals surface area contributed by atoms with Crippen LogP contribution in [-0.2, 0) is 17.8 Å². The van der Waals surface area contributed by atoms with Crippen LogP contribution in [0.3, 0.4) is 0 Å². The zero-order valence-corrected chi connectivity index (χ0v) is 9.67. The third-order valence-corrected chi connectivity index (χ3v) is 2.56. The Morgan fingerprint density at radius 3 is 2.72 bits per heavy atom. The van der Waals surface area contributed by atoms with Gasteiger partial charge in [-0.1, -0.05) is 0 Å². The van der Waals surface area contributed by atoms with Crippen LogP contribution in [0.2, 0.25) is 0 Å². The monoisotopic (exact) mass is 257 g/mol. The average Bonchev–Trinajstić information content (AvgIpc) is 2.65. The third kappa shape index (κ3) is 1.81. The summed E-state index contributed by atoms with van der Waals surface area (Å²) in [4.78, 5) is 11.1. The van der Waals surface area contributed by atoms with E-state index in [9.17, 15) is 18.0 Å². The van der Waals surface area contributed by atoms with Crippen LogP contribution in [0.25, 0.3) is 10.9 Å². The van der Waals surface area contributed by atoms with E-state index in [0.717, 1.165) is 19.2 Å². The first-order chi connectivity index (χ1) is 8.36. The largest absolute Gasteiger partial charge is 0.354 e. The second kappa shape index (κ2) is 4.01. The number of hydrogen-bond donors (Lipinski definition) is 1. The molecule has 1 aromatic heterocycles. The van der Waals surface area contributed by atoms with Crippen LogP contribution in [-0.4, -0.2) is 22.7 Å². The van der Waals surface area contributed by atoms with Gasteiger partial charge in [0.1, 0.15) is 5.82 Å². The number of fused-ring (bicyclic) bond motifs is 1. The highest BCUT2D eigenvalue weighted by atomic mass is 19.3. The van der Waals surface area contributed by atoms with Crippen LogP contribution in [0.1, 0.15) is 5.56 Å². The normalized spacial score (nSPS) is 11.8. The van der Waals surface area contributed by atoms with Gasteiger partial charge in [-0.3, -0.25) is 9.48 Å². The fraction of sp³-hybridized carbons (Fsp3) is 0.273. The van der Waals surface area contributed by atoms with E-state index in [1.165, 1.54) is 10.9 Å². The fourth-order valence-electron chi connectivity index (χ4n) is 1.69. The molecule has 96 valence electrons. The van der Waals surface area contributed by atoms with Crippen molar-refractivity contribution in [1.82, 2.24) is 15.1 Å². The Bertz CT molecular complexity index is 621. The molecule has 7 heteroatoms. The molecular weight excluding hydrogens is 247 g/mol. The van der Waals surface area contributed by atoms with Gasteiger partial charge in [-0.25, -0.2) is 4.39 Å². The van der Waals surface area contributed by atoms with Crippen molar-refractivity contribution in [2.75, 3.05) is 7.05 Å². The molecule has 0 saturated heterocycles. The third-order valence-electron chi connectivity index (χ3n) is 2.56. The lowest BCUT2D eigenvalue weighted by atomic mass is 10.0. The summed E-state index contributed by atoms with van der Waals surface area (Å²) in [7, 11) is 2.66. The Balaban J connectivity index is 2.63. The summed E-state index contributed by atoms with van der Waals surface area (Å²) in [5.74, 6) is -6.62. The molecule has 0 aliphatic heterocycles. The van der Waals surface area contributed by atoms with Gasteiger partial charge >= 0.3 is 5.92 Å². The van der Waals surface area contributed by atoms with Crippen LogP contribution >= 0.6 is 0 Å². The van der Waals surface area contributed by atoms with Gasteiger partial charge in [0, 0.05) is 31.7 Å². The first-order valence-electron chi connectivity index (χ1n) is 5.09. The van der Waals surface area contributed by atoms with Crippen molar-refractivity contribution in [2.45, 2.75) is 5.92 Å². The molecule has 0 spiro atoms. The van der Waals surface area contributed by atoms with Crippen molar-refractivity contribution in [3.05, 3.63) is 29.7 Å². The van der Waals surface area contributed by atoms with Crippen LogP contribution in [0.4, 0.5) is 13.2 Å².